The molecule has 1 N–H and O–H groups in total. The number of benzene rings is 1. The molecule has 35 heavy (non-hydrogen) atoms. The monoisotopic (exact) mass is 487 g/mol. The number of carbonyl (C=O) groups is 2. The van der Waals surface area contributed by atoms with Crippen LogP contribution in [0.25, 0.3) is 0 Å². The van der Waals surface area contributed by atoms with Crippen LogP contribution in [0.3, 0.4) is 0 Å². The zero-order valence-electron chi connectivity index (χ0n) is 18.5. The van der Waals surface area contributed by atoms with E-state index in [4.69, 9.17) is 4.74 Å². The number of halogens is 3. The molecule has 2 aromatic heterocycles. The fourth-order valence-corrected chi connectivity index (χ4v) is 3.48. The number of ether oxygens (including phenoxy) is 1. The largest absolute Gasteiger partial charge is 0.420 e. The third-order valence-electron chi connectivity index (χ3n) is 5.19. The van der Waals surface area contributed by atoms with E-state index in [9.17, 15) is 22.8 Å². The molecular weight excluding hydrogens is 467 g/mol. The molecular formula is C22H20F3N7O3. The van der Waals surface area contributed by atoms with Gasteiger partial charge in [-0.05, 0) is 31.2 Å². The summed E-state index contributed by atoms with van der Waals surface area (Å²) < 4.78 is 44.9. The van der Waals surface area contributed by atoms with Gasteiger partial charge in [0.15, 0.2) is 5.82 Å². The van der Waals surface area contributed by atoms with Gasteiger partial charge in [0.25, 0.3) is 5.91 Å². The molecule has 1 aliphatic heterocycles. The number of anilines is 2. The number of hydrogen-bond donors (Lipinski definition) is 1. The van der Waals surface area contributed by atoms with Crippen molar-refractivity contribution >= 4 is 23.8 Å². The molecule has 1 aromatic carbocycles. The van der Waals surface area contributed by atoms with Gasteiger partial charge in [-0.2, -0.15) is 13.2 Å². The number of carbonyl (C=O) groups excluding carboxylic acids is 2. The van der Waals surface area contributed by atoms with E-state index >= 15 is 0 Å². The van der Waals surface area contributed by atoms with E-state index in [1.54, 1.807) is 19.1 Å². The van der Waals surface area contributed by atoms with Crippen LogP contribution in [0.1, 0.15) is 21.6 Å². The van der Waals surface area contributed by atoms with E-state index in [1.165, 1.54) is 35.4 Å². The lowest BCUT2D eigenvalue weighted by atomic mass is 10.1. The number of nitrogens with zero attached hydrogens (tertiary/aromatic N) is 6. The Kier molecular flexibility index (Phi) is 6.75. The first-order valence-corrected chi connectivity index (χ1v) is 10.5. The maximum Gasteiger partial charge on any atom is 0.420 e. The second kappa shape index (κ2) is 9.91. The van der Waals surface area contributed by atoms with Gasteiger partial charge in [0, 0.05) is 44.1 Å². The number of aromatic nitrogens is 4. The van der Waals surface area contributed by atoms with Crippen LogP contribution < -0.4 is 15.0 Å². The number of alkyl halides is 3. The Bertz CT molecular complexity index is 1210. The van der Waals surface area contributed by atoms with Gasteiger partial charge in [0.05, 0.1) is 11.1 Å². The van der Waals surface area contributed by atoms with Gasteiger partial charge in [-0.1, -0.05) is 12.1 Å². The smallest absolute Gasteiger partial charge is 0.389 e. The molecule has 1 aliphatic rings. The summed E-state index contributed by atoms with van der Waals surface area (Å²) in [6.07, 6.45) is -3.95. The SMILES string of the molecule is Cc1ccnc(NC(=O)Oc2ccc(N3CCN(C(=O)c4ccccc4C(F)(F)F)CC3)nn2)n1. The van der Waals surface area contributed by atoms with Crippen molar-refractivity contribution in [3.63, 3.8) is 0 Å². The molecule has 0 spiro atoms. The summed E-state index contributed by atoms with van der Waals surface area (Å²) in [6, 6.07) is 9.47. The van der Waals surface area contributed by atoms with Crippen LogP contribution in [-0.4, -0.2) is 63.2 Å². The first-order chi connectivity index (χ1) is 16.7. The second-order valence-corrected chi connectivity index (χ2v) is 7.59. The first kappa shape index (κ1) is 23.9. The van der Waals surface area contributed by atoms with Gasteiger partial charge in [-0.15, -0.1) is 10.2 Å². The van der Waals surface area contributed by atoms with E-state index < -0.39 is 23.7 Å². The highest BCUT2D eigenvalue weighted by Crippen LogP contribution is 2.32. The van der Waals surface area contributed by atoms with Gasteiger partial charge in [-0.3, -0.25) is 10.1 Å². The lowest BCUT2D eigenvalue weighted by molar-refractivity contribution is -0.138. The van der Waals surface area contributed by atoms with Crippen molar-refractivity contribution in [2.24, 2.45) is 0 Å². The van der Waals surface area contributed by atoms with Crippen molar-refractivity contribution in [3.05, 3.63) is 65.5 Å². The predicted octanol–water partition coefficient (Wildman–Crippen LogP) is 3.17. The Morgan fingerprint density at radius 3 is 2.40 bits per heavy atom. The summed E-state index contributed by atoms with van der Waals surface area (Å²) in [5.74, 6) is -0.153. The second-order valence-electron chi connectivity index (χ2n) is 7.59. The fraction of sp³-hybridized carbons (Fsp3) is 0.273. The normalized spacial score (nSPS) is 13.9. The highest BCUT2D eigenvalue weighted by Gasteiger charge is 2.36. The van der Waals surface area contributed by atoms with Crippen molar-refractivity contribution in [2.45, 2.75) is 13.1 Å². The van der Waals surface area contributed by atoms with Gasteiger partial charge < -0.3 is 14.5 Å². The molecule has 1 saturated heterocycles. The number of nitrogens with one attached hydrogen (secondary N) is 1. The van der Waals surface area contributed by atoms with Crippen LogP contribution in [0.2, 0.25) is 0 Å². The van der Waals surface area contributed by atoms with Crippen molar-refractivity contribution in [1.82, 2.24) is 25.1 Å². The minimum absolute atomic E-state index is 0.0449. The number of amides is 2. The minimum atomic E-state index is -4.61. The standard InChI is InChI=1S/C22H20F3N7O3/c1-14-8-9-26-20(27-14)28-21(34)35-18-7-6-17(29-30-18)31-10-12-32(13-11-31)19(33)15-4-2-3-5-16(15)22(23,24)25/h2-9H,10-13H2,1H3,(H,26,27,28,34). The first-order valence-electron chi connectivity index (χ1n) is 10.5. The Balaban J connectivity index is 1.33. The zero-order chi connectivity index (χ0) is 25.0. The molecule has 1 fully saturated rings. The van der Waals surface area contributed by atoms with Gasteiger partial charge in [0.1, 0.15) is 0 Å². The van der Waals surface area contributed by atoms with E-state index in [-0.39, 0.29) is 30.5 Å². The van der Waals surface area contributed by atoms with Crippen molar-refractivity contribution < 1.29 is 27.5 Å². The molecule has 0 radical (unpaired) electrons. The fourth-order valence-electron chi connectivity index (χ4n) is 3.48. The van der Waals surface area contributed by atoms with Crippen molar-refractivity contribution in [1.29, 1.82) is 0 Å². The Hall–Kier alpha value is -4.29. The Morgan fingerprint density at radius 1 is 1.00 bits per heavy atom. The van der Waals surface area contributed by atoms with E-state index in [1.807, 2.05) is 4.90 Å². The molecule has 2 amide bonds. The van der Waals surface area contributed by atoms with Crippen LogP contribution in [0.4, 0.5) is 29.7 Å². The van der Waals surface area contributed by atoms with E-state index in [0.29, 0.717) is 24.6 Å². The lowest BCUT2D eigenvalue weighted by Crippen LogP contribution is -2.49. The molecule has 0 aliphatic carbocycles. The minimum Gasteiger partial charge on any atom is -0.389 e. The van der Waals surface area contributed by atoms with Gasteiger partial charge >= 0.3 is 12.3 Å². The molecule has 0 unspecified atom stereocenters. The molecule has 10 nitrogen and oxygen atoms in total. The number of piperazine rings is 1. The molecule has 3 heterocycles. The number of hydrogen-bond acceptors (Lipinski definition) is 8. The van der Waals surface area contributed by atoms with Crippen LogP contribution >= 0.6 is 0 Å². The molecule has 13 heteroatoms. The molecule has 0 bridgehead atoms. The summed E-state index contributed by atoms with van der Waals surface area (Å²) in [5, 5.41) is 10.3. The quantitative estimate of drug-likeness (QED) is 0.597. The number of rotatable bonds is 4. The maximum atomic E-state index is 13.3. The van der Waals surface area contributed by atoms with Gasteiger partial charge in [0.2, 0.25) is 11.8 Å². The van der Waals surface area contributed by atoms with Gasteiger partial charge in [-0.25, -0.2) is 14.8 Å². The highest BCUT2D eigenvalue weighted by molar-refractivity contribution is 5.96. The van der Waals surface area contributed by atoms with Crippen LogP contribution in [-0.2, 0) is 6.18 Å². The van der Waals surface area contributed by atoms with Crippen LogP contribution in [0, 0.1) is 6.92 Å². The van der Waals surface area contributed by atoms with Crippen LogP contribution in [0.5, 0.6) is 5.88 Å². The summed E-state index contributed by atoms with van der Waals surface area (Å²) >= 11 is 0. The van der Waals surface area contributed by atoms with E-state index in [2.05, 4.69) is 25.5 Å². The molecule has 3 aromatic rings. The summed E-state index contributed by atoms with van der Waals surface area (Å²) in [5.41, 5.74) is -0.651. The molecule has 0 atom stereocenters. The zero-order valence-corrected chi connectivity index (χ0v) is 18.5. The third kappa shape index (κ3) is 5.80. The molecule has 182 valence electrons. The van der Waals surface area contributed by atoms with E-state index in [0.717, 1.165) is 6.07 Å². The maximum absolute atomic E-state index is 13.3. The van der Waals surface area contributed by atoms with Crippen molar-refractivity contribution in [3.8, 4) is 5.88 Å². The molecule has 0 saturated carbocycles. The average Bonchev–Trinajstić information content (AvgIpc) is 2.84. The molecule has 4 rings (SSSR count). The average molecular weight is 487 g/mol. The summed E-state index contributed by atoms with van der Waals surface area (Å²) in [7, 11) is 0. The third-order valence-corrected chi connectivity index (χ3v) is 5.19. The Labute approximate surface area is 197 Å². The summed E-state index contributed by atoms with van der Waals surface area (Å²) in [6.45, 7) is 2.87. The van der Waals surface area contributed by atoms with Crippen molar-refractivity contribution in [2.75, 3.05) is 36.4 Å². The highest BCUT2D eigenvalue weighted by atomic mass is 19.4. The Morgan fingerprint density at radius 2 is 1.74 bits per heavy atom. The lowest BCUT2D eigenvalue weighted by Gasteiger charge is -2.35. The summed E-state index contributed by atoms with van der Waals surface area (Å²) in [4.78, 5) is 35.9. The topological polar surface area (TPSA) is 113 Å². The predicted molar refractivity (Wildman–Crippen MR) is 118 cm³/mol. The van der Waals surface area contributed by atoms with Crippen LogP contribution in [0.15, 0.2) is 48.7 Å². The number of aryl methyl sites for hydroxylation is 1.